The molecule has 1 N–H and O–H groups in total. The van der Waals surface area contributed by atoms with Gasteiger partial charge in [0.2, 0.25) is 0 Å². The Balaban J connectivity index is 1.45. The molecular weight excluding hydrogens is 480 g/mol. The van der Waals surface area contributed by atoms with Gasteiger partial charge >= 0.3 is 0 Å². The molecule has 0 fully saturated rings. The van der Waals surface area contributed by atoms with Crippen molar-refractivity contribution < 1.29 is 4.79 Å². The zero-order chi connectivity index (χ0) is 26.8. The van der Waals surface area contributed by atoms with E-state index in [-0.39, 0.29) is 11.5 Å². The van der Waals surface area contributed by atoms with Gasteiger partial charge in [0.25, 0.3) is 0 Å². The molecule has 38 heavy (non-hydrogen) atoms. The molecule has 0 radical (unpaired) electrons. The number of nitrogens with zero attached hydrogens (tertiary/aromatic N) is 9. The first kappa shape index (κ1) is 24.7. The first-order chi connectivity index (χ1) is 18.4. The van der Waals surface area contributed by atoms with Crippen molar-refractivity contribution in [2.75, 3.05) is 18.9 Å². The van der Waals surface area contributed by atoms with Crippen LogP contribution in [-0.2, 0) is 6.54 Å². The van der Waals surface area contributed by atoms with Crippen LogP contribution in [0.4, 0.5) is 11.5 Å². The summed E-state index contributed by atoms with van der Waals surface area (Å²) in [4.78, 5) is 19.3. The van der Waals surface area contributed by atoms with Gasteiger partial charge in [0.05, 0.1) is 40.5 Å². The van der Waals surface area contributed by atoms with Crippen molar-refractivity contribution in [3.05, 3.63) is 77.5 Å². The van der Waals surface area contributed by atoms with E-state index in [2.05, 4.69) is 37.5 Å². The standard InChI is InChI=1S/C27H26N10O/c1-5-35(4)15-20-7-11-26(33-32-20)30-19-6-10-25-23(14-29-36(25)16-19)24-9-8-22(18(3)38)27(31-24)37-17(2)12-21(13-28)34-37/h6-12,14,16H,5,15H2,1-4H3,(H,30,33). The second kappa shape index (κ2) is 10.2. The summed E-state index contributed by atoms with van der Waals surface area (Å²) < 4.78 is 3.28. The third kappa shape index (κ3) is 4.85. The van der Waals surface area contributed by atoms with Crippen LogP contribution in [0, 0.1) is 18.3 Å². The number of Topliss-reactive ketones (excluding diaryl/α,β-unsaturated/α-hetero) is 1. The first-order valence-electron chi connectivity index (χ1n) is 12.1. The Kier molecular flexibility index (Phi) is 6.64. The molecule has 0 spiro atoms. The average molecular weight is 507 g/mol. The van der Waals surface area contributed by atoms with Gasteiger partial charge in [-0.1, -0.05) is 6.92 Å². The predicted octanol–water partition coefficient (Wildman–Crippen LogP) is 3.95. The molecule has 0 saturated carbocycles. The van der Waals surface area contributed by atoms with E-state index in [0.29, 0.717) is 28.6 Å². The lowest BCUT2D eigenvalue weighted by molar-refractivity contribution is 0.101. The number of hydrogen-bond donors (Lipinski definition) is 1. The fourth-order valence-electron chi connectivity index (χ4n) is 4.08. The van der Waals surface area contributed by atoms with Crippen molar-refractivity contribution >= 4 is 22.8 Å². The molecule has 5 aromatic rings. The Hall–Kier alpha value is -4.95. The third-order valence-corrected chi connectivity index (χ3v) is 6.21. The van der Waals surface area contributed by atoms with E-state index in [9.17, 15) is 10.1 Å². The van der Waals surface area contributed by atoms with Crippen LogP contribution in [0.2, 0.25) is 0 Å². The van der Waals surface area contributed by atoms with Crippen LogP contribution in [0.25, 0.3) is 22.6 Å². The maximum atomic E-state index is 12.3. The number of carbonyl (C=O) groups is 1. The summed E-state index contributed by atoms with van der Waals surface area (Å²) in [6.07, 6.45) is 3.59. The van der Waals surface area contributed by atoms with Crippen molar-refractivity contribution in [1.29, 1.82) is 5.26 Å². The summed E-state index contributed by atoms with van der Waals surface area (Å²) in [6, 6.07) is 14.9. The molecule has 0 aromatic carbocycles. The van der Waals surface area contributed by atoms with Crippen LogP contribution in [0.5, 0.6) is 0 Å². The lowest BCUT2D eigenvalue weighted by Gasteiger charge is -2.12. The van der Waals surface area contributed by atoms with E-state index in [1.807, 2.05) is 50.5 Å². The smallest absolute Gasteiger partial charge is 0.165 e. The third-order valence-electron chi connectivity index (χ3n) is 6.21. The van der Waals surface area contributed by atoms with Crippen LogP contribution in [0.1, 0.15) is 41.3 Å². The van der Waals surface area contributed by atoms with Gasteiger partial charge in [-0.2, -0.15) is 20.6 Å². The Morgan fingerprint density at radius 2 is 2.00 bits per heavy atom. The number of pyridine rings is 2. The number of rotatable bonds is 8. The highest BCUT2D eigenvalue weighted by Gasteiger charge is 2.18. The highest BCUT2D eigenvalue weighted by molar-refractivity contribution is 5.97. The van der Waals surface area contributed by atoms with Crippen molar-refractivity contribution in [3.8, 4) is 23.1 Å². The SMILES string of the molecule is CCN(C)Cc1ccc(Nc2ccc3c(-c4ccc(C(C)=O)c(-n5nc(C#N)cc5C)n4)cnn3c2)nn1. The maximum Gasteiger partial charge on any atom is 0.165 e. The molecule has 5 heterocycles. The topological polar surface area (TPSA) is 130 Å². The Morgan fingerprint density at radius 3 is 2.68 bits per heavy atom. The van der Waals surface area contributed by atoms with Crippen LogP contribution in [0.3, 0.4) is 0 Å². The summed E-state index contributed by atoms with van der Waals surface area (Å²) in [5.41, 5.74) is 5.35. The van der Waals surface area contributed by atoms with E-state index >= 15 is 0 Å². The minimum Gasteiger partial charge on any atom is -0.337 e. The second-order valence-corrected chi connectivity index (χ2v) is 8.99. The lowest BCUT2D eigenvalue weighted by atomic mass is 10.1. The van der Waals surface area contributed by atoms with Crippen LogP contribution < -0.4 is 5.32 Å². The molecule has 0 atom stereocenters. The number of nitriles is 1. The van der Waals surface area contributed by atoms with Gasteiger partial charge < -0.3 is 10.2 Å². The molecule has 0 aliphatic heterocycles. The molecule has 190 valence electrons. The van der Waals surface area contributed by atoms with Gasteiger partial charge in [-0.3, -0.25) is 4.79 Å². The van der Waals surface area contributed by atoms with E-state index in [1.165, 1.54) is 11.6 Å². The molecule has 0 unspecified atom stereocenters. The number of nitrogens with one attached hydrogen (secondary N) is 1. The van der Waals surface area contributed by atoms with Crippen molar-refractivity contribution in [2.24, 2.45) is 0 Å². The van der Waals surface area contributed by atoms with E-state index < -0.39 is 0 Å². The van der Waals surface area contributed by atoms with Gasteiger partial charge in [0.1, 0.15) is 6.07 Å². The lowest BCUT2D eigenvalue weighted by Crippen LogP contribution is -2.17. The fourth-order valence-corrected chi connectivity index (χ4v) is 4.08. The van der Waals surface area contributed by atoms with Crippen molar-refractivity contribution in [3.63, 3.8) is 0 Å². The molecule has 11 nitrogen and oxygen atoms in total. The number of aromatic nitrogens is 7. The number of ketones is 1. The van der Waals surface area contributed by atoms with Gasteiger partial charge in [-0.15, -0.1) is 5.10 Å². The van der Waals surface area contributed by atoms with Gasteiger partial charge in [0.15, 0.2) is 23.1 Å². The first-order valence-corrected chi connectivity index (χ1v) is 12.1. The predicted molar refractivity (Wildman–Crippen MR) is 142 cm³/mol. The highest BCUT2D eigenvalue weighted by atomic mass is 16.1. The van der Waals surface area contributed by atoms with Gasteiger partial charge in [-0.25, -0.2) is 14.2 Å². The van der Waals surface area contributed by atoms with Crippen LogP contribution in [-0.4, -0.2) is 58.9 Å². The summed E-state index contributed by atoms with van der Waals surface area (Å²) >= 11 is 0. The van der Waals surface area contributed by atoms with E-state index in [4.69, 9.17) is 4.98 Å². The average Bonchev–Trinajstić information content (AvgIpc) is 3.52. The normalized spacial score (nSPS) is 11.2. The molecule has 0 amide bonds. The number of anilines is 2. The highest BCUT2D eigenvalue weighted by Crippen LogP contribution is 2.27. The summed E-state index contributed by atoms with van der Waals surface area (Å²) in [6.45, 7) is 7.08. The minimum atomic E-state index is -0.142. The Labute approximate surface area is 219 Å². The molecule has 0 aliphatic carbocycles. The van der Waals surface area contributed by atoms with E-state index in [1.54, 1.807) is 28.9 Å². The fraction of sp³-hybridized carbons (Fsp3) is 0.222. The zero-order valence-electron chi connectivity index (χ0n) is 21.5. The van der Waals surface area contributed by atoms with Crippen molar-refractivity contribution in [1.82, 2.24) is 39.5 Å². The number of hydrogen-bond acceptors (Lipinski definition) is 9. The molecule has 5 rings (SSSR count). The summed E-state index contributed by atoms with van der Waals surface area (Å²) in [7, 11) is 2.04. The second-order valence-electron chi connectivity index (χ2n) is 8.99. The molecule has 5 aromatic heterocycles. The zero-order valence-corrected chi connectivity index (χ0v) is 21.5. The Bertz CT molecular complexity index is 1680. The maximum absolute atomic E-state index is 12.3. The van der Waals surface area contributed by atoms with Gasteiger partial charge in [0, 0.05) is 17.8 Å². The van der Waals surface area contributed by atoms with Gasteiger partial charge in [-0.05, 0) is 69.9 Å². The number of carbonyl (C=O) groups excluding carboxylic acids is 1. The van der Waals surface area contributed by atoms with Crippen LogP contribution in [0.15, 0.2) is 54.9 Å². The van der Waals surface area contributed by atoms with E-state index in [0.717, 1.165) is 35.6 Å². The minimum absolute atomic E-state index is 0.142. The monoisotopic (exact) mass is 506 g/mol. The summed E-state index contributed by atoms with van der Waals surface area (Å²) in [5, 5.41) is 29.9. The van der Waals surface area contributed by atoms with Crippen LogP contribution >= 0.6 is 0 Å². The molecule has 0 aliphatic rings. The summed E-state index contributed by atoms with van der Waals surface area (Å²) in [5.74, 6) is 0.868. The molecule has 0 saturated heterocycles. The largest absolute Gasteiger partial charge is 0.337 e. The molecule has 0 bridgehead atoms. The number of fused-ring (bicyclic) bond motifs is 1. The number of aryl methyl sites for hydroxylation is 1. The molecular formula is C27H26N10O. The molecule has 11 heteroatoms. The Morgan fingerprint density at radius 1 is 1.16 bits per heavy atom. The van der Waals surface area contributed by atoms with Crippen molar-refractivity contribution in [2.45, 2.75) is 27.3 Å². The quantitative estimate of drug-likeness (QED) is 0.311.